The fraction of sp³-hybridized carbons (Fsp3) is 0.471. The van der Waals surface area contributed by atoms with Crippen LogP contribution in [0, 0.1) is 5.92 Å². The van der Waals surface area contributed by atoms with Crippen LogP contribution in [0.4, 0.5) is 6.01 Å². The Morgan fingerprint density at radius 3 is 2.67 bits per heavy atom. The molecule has 24 heavy (non-hydrogen) atoms. The van der Waals surface area contributed by atoms with E-state index in [1.807, 2.05) is 17.0 Å². The van der Waals surface area contributed by atoms with Gasteiger partial charge in [-0.15, -0.1) is 0 Å². The molecule has 1 saturated heterocycles. The zero-order valence-electron chi connectivity index (χ0n) is 14.0. The highest BCUT2D eigenvalue weighted by Gasteiger charge is 2.38. The van der Waals surface area contributed by atoms with E-state index in [-0.39, 0.29) is 23.8 Å². The van der Waals surface area contributed by atoms with Gasteiger partial charge in [0.25, 0.3) is 0 Å². The average Bonchev–Trinajstić information content (AvgIpc) is 3.05. The maximum absolute atomic E-state index is 11.6. The number of hydrogen-bond donors (Lipinski definition) is 1. The van der Waals surface area contributed by atoms with Crippen LogP contribution in [0.15, 0.2) is 33.3 Å². The number of carbonyl (C=O) groups is 1. The minimum absolute atomic E-state index is 0.0273. The topological polar surface area (TPSA) is 71.3 Å². The van der Waals surface area contributed by atoms with Crippen LogP contribution in [0.5, 0.6) is 0 Å². The molecule has 6 nitrogen and oxygen atoms in total. The molecule has 128 valence electrons. The van der Waals surface area contributed by atoms with E-state index in [1.165, 1.54) is 0 Å². The van der Waals surface area contributed by atoms with Gasteiger partial charge in [-0.3, -0.25) is 4.79 Å². The van der Waals surface area contributed by atoms with Gasteiger partial charge < -0.3 is 14.7 Å². The Kier molecular flexibility index (Phi) is 4.62. The van der Waals surface area contributed by atoms with Crippen molar-refractivity contribution in [1.82, 2.24) is 15.5 Å². The molecule has 1 aromatic heterocycles. The lowest BCUT2D eigenvalue weighted by Crippen LogP contribution is -2.47. The van der Waals surface area contributed by atoms with Crippen LogP contribution < -0.4 is 10.2 Å². The number of aromatic nitrogens is 2. The number of carbonyl (C=O) groups excluding carboxylic acids is 1. The summed E-state index contributed by atoms with van der Waals surface area (Å²) in [4.78, 5) is 18.0. The lowest BCUT2D eigenvalue weighted by molar-refractivity contribution is -0.120. The maximum Gasteiger partial charge on any atom is 0.324 e. The minimum atomic E-state index is -0.375. The molecule has 1 fully saturated rings. The van der Waals surface area contributed by atoms with Crippen molar-refractivity contribution < 1.29 is 9.32 Å². The van der Waals surface area contributed by atoms with Crippen molar-refractivity contribution in [1.29, 1.82) is 0 Å². The monoisotopic (exact) mass is 392 g/mol. The van der Waals surface area contributed by atoms with E-state index >= 15 is 0 Å². The second kappa shape index (κ2) is 6.55. The van der Waals surface area contributed by atoms with Gasteiger partial charge in [0.2, 0.25) is 5.91 Å². The summed E-state index contributed by atoms with van der Waals surface area (Å²) in [6, 6.07) is 8.60. The Hall–Kier alpha value is -1.89. The molecule has 7 heteroatoms. The molecule has 0 aliphatic carbocycles. The molecule has 0 saturated carbocycles. The largest absolute Gasteiger partial charge is 0.353 e. The van der Waals surface area contributed by atoms with Gasteiger partial charge in [-0.1, -0.05) is 47.1 Å². The predicted octanol–water partition coefficient (Wildman–Crippen LogP) is 2.73. The van der Waals surface area contributed by atoms with E-state index in [1.54, 1.807) is 0 Å². The molecule has 1 unspecified atom stereocenters. The van der Waals surface area contributed by atoms with Crippen LogP contribution >= 0.6 is 15.9 Å². The Bertz CT molecular complexity index is 728. The van der Waals surface area contributed by atoms with Crippen molar-refractivity contribution in [2.45, 2.75) is 26.2 Å². The molecule has 1 atom stereocenters. The SMILES string of the molecule is CC(C)C(C)(c1ccc(Br)cc1)c1noc(N2CCNC(=O)C2)n1. The average molecular weight is 393 g/mol. The van der Waals surface area contributed by atoms with Crippen LogP contribution in [0.2, 0.25) is 0 Å². The molecule has 2 aromatic rings. The summed E-state index contributed by atoms with van der Waals surface area (Å²) in [5, 5.41) is 7.03. The van der Waals surface area contributed by atoms with Crippen LogP contribution in [0.3, 0.4) is 0 Å². The second-order valence-electron chi connectivity index (χ2n) is 6.54. The van der Waals surface area contributed by atoms with Gasteiger partial charge >= 0.3 is 6.01 Å². The molecule has 1 amide bonds. The Morgan fingerprint density at radius 1 is 1.33 bits per heavy atom. The molecule has 2 heterocycles. The van der Waals surface area contributed by atoms with Crippen molar-refractivity contribution in [2.75, 3.05) is 24.5 Å². The molecule has 1 N–H and O–H groups in total. The van der Waals surface area contributed by atoms with Gasteiger partial charge in [0, 0.05) is 17.6 Å². The summed E-state index contributed by atoms with van der Waals surface area (Å²) in [7, 11) is 0. The smallest absolute Gasteiger partial charge is 0.324 e. The third kappa shape index (κ3) is 3.05. The first kappa shape index (κ1) is 17.0. The Morgan fingerprint density at radius 2 is 2.04 bits per heavy atom. The highest BCUT2D eigenvalue weighted by atomic mass is 79.9. The molecule has 3 rings (SSSR count). The van der Waals surface area contributed by atoms with Gasteiger partial charge in [0.15, 0.2) is 5.82 Å². The van der Waals surface area contributed by atoms with E-state index in [9.17, 15) is 4.79 Å². The number of nitrogens with one attached hydrogen (secondary N) is 1. The molecular formula is C17H21BrN4O2. The lowest BCUT2D eigenvalue weighted by Gasteiger charge is -2.31. The van der Waals surface area contributed by atoms with E-state index in [0.29, 0.717) is 24.9 Å². The van der Waals surface area contributed by atoms with Crippen molar-refractivity contribution in [3.8, 4) is 0 Å². The van der Waals surface area contributed by atoms with Crippen molar-refractivity contribution in [3.63, 3.8) is 0 Å². The van der Waals surface area contributed by atoms with Gasteiger partial charge in [-0.2, -0.15) is 4.98 Å². The van der Waals surface area contributed by atoms with Gasteiger partial charge in [0.05, 0.1) is 5.41 Å². The molecule has 0 bridgehead atoms. The number of rotatable bonds is 4. The van der Waals surface area contributed by atoms with E-state index in [4.69, 9.17) is 4.52 Å². The first-order valence-corrected chi connectivity index (χ1v) is 8.82. The second-order valence-corrected chi connectivity index (χ2v) is 7.45. The Labute approximate surface area is 149 Å². The minimum Gasteiger partial charge on any atom is -0.353 e. The number of benzene rings is 1. The normalized spacial score (nSPS) is 17.7. The summed E-state index contributed by atoms with van der Waals surface area (Å²) in [5.74, 6) is 0.884. The molecule has 0 spiro atoms. The zero-order chi connectivity index (χ0) is 17.3. The van der Waals surface area contributed by atoms with Crippen LogP contribution in [0.1, 0.15) is 32.2 Å². The van der Waals surface area contributed by atoms with Gasteiger partial charge in [-0.25, -0.2) is 0 Å². The Balaban J connectivity index is 1.95. The number of anilines is 1. The molecule has 1 aliphatic rings. The summed E-state index contributed by atoms with van der Waals surface area (Å²) in [6.07, 6.45) is 0. The third-order valence-electron chi connectivity index (χ3n) is 4.79. The van der Waals surface area contributed by atoms with Crippen molar-refractivity contribution in [2.24, 2.45) is 5.92 Å². The van der Waals surface area contributed by atoms with E-state index in [0.717, 1.165) is 10.0 Å². The van der Waals surface area contributed by atoms with E-state index in [2.05, 4.69) is 64.3 Å². The molecule has 1 aliphatic heterocycles. The van der Waals surface area contributed by atoms with Crippen LogP contribution in [-0.4, -0.2) is 35.7 Å². The zero-order valence-corrected chi connectivity index (χ0v) is 15.6. The summed E-state index contributed by atoms with van der Waals surface area (Å²) in [6.45, 7) is 7.92. The molecule has 1 aromatic carbocycles. The summed E-state index contributed by atoms with van der Waals surface area (Å²) >= 11 is 3.47. The number of piperazine rings is 1. The highest BCUT2D eigenvalue weighted by Crippen LogP contribution is 2.38. The van der Waals surface area contributed by atoms with Crippen molar-refractivity contribution in [3.05, 3.63) is 40.1 Å². The quantitative estimate of drug-likeness (QED) is 0.865. The van der Waals surface area contributed by atoms with Gasteiger partial charge in [0.1, 0.15) is 6.54 Å². The standard InChI is InChI=1S/C17H21BrN4O2/c1-11(2)17(3,12-4-6-13(18)7-5-12)15-20-16(24-21-15)22-9-8-19-14(23)10-22/h4-7,11H,8-10H2,1-3H3,(H,19,23). The van der Waals surface area contributed by atoms with Crippen LogP contribution in [0.25, 0.3) is 0 Å². The maximum atomic E-state index is 11.6. The first-order chi connectivity index (χ1) is 11.4. The van der Waals surface area contributed by atoms with Crippen LogP contribution in [-0.2, 0) is 10.2 Å². The van der Waals surface area contributed by atoms with Crippen molar-refractivity contribution >= 4 is 27.9 Å². The number of nitrogens with zero attached hydrogens (tertiary/aromatic N) is 3. The summed E-state index contributed by atoms with van der Waals surface area (Å²) in [5.41, 5.74) is 0.755. The number of amides is 1. The number of hydrogen-bond acceptors (Lipinski definition) is 5. The fourth-order valence-corrected chi connectivity index (χ4v) is 3.14. The van der Waals surface area contributed by atoms with Gasteiger partial charge in [-0.05, 0) is 30.5 Å². The summed E-state index contributed by atoms with van der Waals surface area (Å²) < 4.78 is 6.50. The first-order valence-electron chi connectivity index (χ1n) is 8.03. The number of halogens is 1. The highest BCUT2D eigenvalue weighted by molar-refractivity contribution is 9.10. The molecular weight excluding hydrogens is 372 g/mol. The molecule has 0 radical (unpaired) electrons. The van der Waals surface area contributed by atoms with E-state index < -0.39 is 0 Å². The third-order valence-corrected chi connectivity index (χ3v) is 5.32. The lowest BCUT2D eigenvalue weighted by atomic mass is 9.73. The fourth-order valence-electron chi connectivity index (χ4n) is 2.87. The predicted molar refractivity (Wildman–Crippen MR) is 95.0 cm³/mol.